The molecule has 11 heteroatoms. The molecule has 0 aliphatic carbocycles. The van der Waals surface area contributed by atoms with Crippen LogP contribution in [0.3, 0.4) is 0 Å². The molecule has 0 radical (unpaired) electrons. The SMILES string of the molecule is CCC(=O)CC.N[C@@H](C=O)[C@@H](O)[C@H](O)[C@H](O)COP(=O)(O)O. The van der Waals surface area contributed by atoms with Gasteiger partial charge in [0.2, 0.25) is 0 Å². The normalized spacial score (nSPS) is 16.7. The Kier molecular flexibility index (Phi) is 12.6. The molecule has 0 aliphatic rings. The van der Waals surface area contributed by atoms with Crippen LogP contribution in [0, 0.1) is 0 Å². The highest BCUT2D eigenvalue weighted by molar-refractivity contribution is 7.46. The lowest BCUT2D eigenvalue weighted by atomic mass is 10.0. The number of phosphoric ester groups is 1. The van der Waals surface area contributed by atoms with Gasteiger partial charge in [-0.25, -0.2) is 4.57 Å². The molecule has 0 bridgehead atoms. The molecule has 0 unspecified atom stereocenters. The molecule has 0 fully saturated rings. The van der Waals surface area contributed by atoms with Crippen LogP contribution in [0.4, 0.5) is 0 Å². The van der Waals surface area contributed by atoms with Crippen molar-refractivity contribution >= 4 is 19.9 Å². The first-order valence-electron chi connectivity index (χ1n) is 6.46. The number of aliphatic hydroxyl groups excluding tert-OH is 3. The molecule has 0 aliphatic heterocycles. The summed E-state index contributed by atoms with van der Waals surface area (Å²) in [5, 5.41) is 27.5. The van der Waals surface area contributed by atoms with E-state index < -0.39 is 38.8 Å². The molecule has 0 heterocycles. The summed E-state index contributed by atoms with van der Waals surface area (Å²) in [5.74, 6) is 0.343. The predicted octanol–water partition coefficient (Wildman–Crippen LogP) is -1.92. The number of carbonyl (C=O) groups excluding carboxylic acids is 2. The Hall–Kier alpha value is -0.710. The topological polar surface area (TPSA) is 188 Å². The summed E-state index contributed by atoms with van der Waals surface area (Å²) in [4.78, 5) is 36.9. The van der Waals surface area contributed by atoms with E-state index in [2.05, 4.69) is 4.52 Å². The van der Waals surface area contributed by atoms with Crippen molar-refractivity contribution in [2.45, 2.75) is 51.0 Å². The van der Waals surface area contributed by atoms with Gasteiger partial charge < -0.3 is 35.6 Å². The van der Waals surface area contributed by atoms with Gasteiger partial charge in [0, 0.05) is 12.8 Å². The van der Waals surface area contributed by atoms with Crippen molar-refractivity contribution in [3.05, 3.63) is 0 Å². The maximum atomic E-state index is 10.3. The first kappa shape index (κ1) is 23.6. The van der Waals surface area contributed by atoms with Gasteiger partial charge in [-0.05, 0) is 0 Å². The fourth-order valence-electron chi connectivity index (χ4n) is 1.06. The van der Waals surface area contributed by atoms with Crippen LogP contribution in [0.1, 0.15) is 26.7 Å². The van der Waals surface area contributed by atoms with Crippen molar-refractivity contribution in [2.75, 3.05) is 6.61 Å². The van der Waals surface area contributed by atoms with Crippen molar-refractivity contribution < 1.29 is 43.8 Å². The van der Waals surface area contributed by atoms with E-state index in [1.165, 1.54) is 0 Å². The molecule has 0 saturated carbocycles. The van der Waals surface area contributed by atoms with Crippen LogP contribution < -0.4 is 5.73 Å². The highest BCUT2D eigenvalue weighted by Crippen LogP contribution is 2.35. The lowest BCUT2D eigenvalue weighted by molar-refractivity contribution is -0.119. The Bertz CT molecular complexity index is 367. The van der Waals surface area contributed by atoms with Crippen molar-refractivity contribution in [1.29, 1.82) is 0 Å². The average Bonchev–Trinajstić information content (AvgIpc) is 2.49. The molecule has 22 heavy (non-hydrogen) atoms. The van der Waals surface area contributed by atoms with E-state index in [1.807, 2.05) is 13.8 Å². The minimum absolute atomic E-state index is 0.157. The smallest absolute Gasteiger partial charge is 0.388 e. The van der Waals surface area contributed by atoms with Gasteiger partial charge in [-0.15, -0.1) is 0 Å². The fraction of sp³-hybridized carbons (Fsp3) is 0.818. The van der Waals surface area contributed by atoms with Crippen molar-refractivity contribution in [1.82, 2.24) is 0 Å². The summed E-state index contributed by atoms with van der Waals surface area (Å²) in [6.45, 7) is 2.85. The number of rotatable bonds is 9. The number of phosphoric acid groups is 1. The first-order chi connectivity index (χ1) is 9.99. The van der Waals surface area contributed by atoms with E-state index >= 15 is 0 Å². The predicted molar refractivity (Wildman–Crippen MR) is 75.6 cm³/mol. The third-order valence-electron chi connectivity index (χ3n) is 2.50. The van der Waals surface area contributed by atoms with Gasteiger partial charge in [0.05, 0.1) is 12.6 Å². The van der Waals surface area contributed by atoms with Crippen LogP contribution in [-0.2, 0) is 18.7 Å². The Labute approximate surface area is 128 Å². The molecule has 10 nitrogen and oxygen atoms in total. The Morgan fingerprint density at radius 1 is 1.18 bits per heavy atom. The molecule has 7 N–H and O–H groups in total. The fourth-order valence-corrected chi connectivity index (χ4v) is 1.40. The molecule has 4 atom stereocenters. The van der Waals surface area contributed by atoms with Gasteiger partial charge in [0.15, 0.2) is 0 Å². The van der Waals surface area contributed by atoms with E-state index in [4.69, 9.17) is 20.6 Å². The molecular formula is C11H24NO9P. The number of carbonyl (C=O) groups is 2. The van der Waals surface area contributed by atoms with E-state index in [0.717, 1.165) is 0 Å². The summed E-state index contributed by atoms with van der Waals surface area (Å²) in [7, 11) is -4.77. The summed E-state index contributed by atoms with van der Waals surface area (Å²) in [6, 6.07) is -1.42. The van der Waals surface area contributed by atoms with Crippen LogP contribution in [0.2, 0.25) is 0 Å². The third-order valence-corrected chi connectivity index (χ3v) is 2.98. The molecule has 0 aromatic heterocycles. The number of aldehydes is 1. The van der Waals surface area contributed by atoms with Gasteiger partial charge in [-0.1, -0.05) is 13.8 Å². The van der Waals surface area contributed by atoms with E-state index in [9.17, 15) is 24.4 Å². The molecule has 0 spiro atoms. The van der Waals surface area contributed by atoms with Crippen molar-refractivity contribution in [3.63, 3.8) is 0 Å². The van der Waals surface area contributed by atoms with Crippen molar-refractivity contribution in [2.24, 2.45) is 5.73 Å². The molecular weight excluding hydrogens is 321 g/mol. The van der Waals surface area contributed by atoms with E-state index in [0.29, 0.717) is 18.6 Å². The van der Waals surface area contributed by atoms with E-state index in [1.54, 1.807) is 0 Å². The van der Waals surface area contributed by atoms with Crippen LogP contribution in [0.15, 0.2) is 0 Å². The van der Waals surface area contributed by atoms with Crippen LogP contribution in [0.25, 0.3) is 0 Å². The molecule has 0 amide bonds. The lowest BCUT2D eigenvalue weighted by Crippen LogP contribution is -2.50. The lowest BCUT2D eigenvalue weighted by Gasteiger charge is -2.24. The molecule has 0 aromatic carbocycles. The molecule has 132 valence electrons. The minimum atomic E-state index is -4.77. The Morgan fingerprint density at radius 3 is 1.91 bits per heavy atom. The zero-order valence-corrected chi connectivity index (χ0v) is 13.3. The molecule has 0 aromatic rings. The van der Waals surface area contributed by atoms with Crippen molar-refractivity contribution in [3.8, 4) is 0 Å². The standard InChI is InChI=1S/C6H14NO8P.C5H10O/c7-3(1-8)5(10)6(11)4(9)2-15-16(12,13)14;1-3-5(6)4-2/h1,3-6,9-11H,2,7H2,(H2,12,13,14);3-4H2,1-2H3/t3-,4+,5+,6+;/m0./s1. The van der Waals surface area contributed by atoms with Gasteiger partial charge in [0.1, 0.15) is 30.4 Å². The minimum Gasteiger partial charge on any atom is -0.388 e. The highest BCUT2D eigenvalue weighted by atomic mass is 31.2. The highest BCUT2D eigenvalue weighted by Gasteiger charge is 2.30. The van der Waals surface area contributed by atoms with E-state index in [-0.39, 0.29) is 6.29 Å². The number of aliphatic hydroxyl groups is 3. The average molecular weight is 345 g/mol. The number of ketones is 1. The summed E-state index contributed by atoms with van der Waals surface area (Å²) in [6.07, 6.45) is -3.86. The molecule has 0 rings (SSSR count). The van der Waals surface area contributed by atoms with Crippen LogP contribution in [-0.4, -0.2) is 68.1 Å². The molecule has 0 saturated heterocycles. The van der Waals surface area contributed by atoms with Crippen LogP contribution >= 0.6 is 7.82 Å². The van der Waals surface area contributed by atoms with Crippen LogP contribution in [0.5, 0.6) is 0 Å². The summed E-state index contributed by atoms with van der Waals surface area (Å²) < 4.78 is 14.1. The van der Waals surface area contributed by atoms with Gasteiger partial charge in [-0.3, -0.25) is 9.32 Å². The number of nitrogens with two attached hydrogens (primary N) is 1. The monoisotopic (exact) mass is 345 g/mol. The summed E-state index contributed by atoms with van der Waals surface area (Å²) in [5.41, 5.74) is 5.05. The van der Waals surface area contributed by atoms with Gasteiger partial charge in [0.25, 0.3) is 0 Å². The van der Waals surface area contributed by atoms with Gasteiger partial charge in [-0.2, -0.15) is 0 Å². The third kappa shape index (κ3) is 11.9. The zero-order chi connectivity index (χ0) is 17.9. The maximum absolute atomic E-state index is 10.3. The maximum Gasteiger partial charge on any atom is 0.469 e. The zero-order valence-electron chi connectivity index (χ0n) is 12.4. The second-order valence-electron chi connectivity index (χ2n) is 4.29. The first-order valence-corrected chi connectivity index (χ1v) is 7.99. The number of Topliss-reactive ketones (excluding diaryl/α,β-unsaturated/α-hetero) is 1. The Balaban J connectivity index is 0. The quantitative estimate of drug-likeness (QED) is 0.203. The Morgan fingerprint density at radius 2 is 1.64 bits per heavy atom. The number of hydrogen-bond acceptors (Lipinski definition) is 8. The largest absolute Gasteiger partial charge is 0.469 e. The second-order valence-corrected chi connectivity index (χ2v) is 5.53. The number of hydrogen-bond donors (Lipinski definition) is 6. The summed E-state index contributed by atoms with van der Waals surface area (Å²) >= 11 is 0. The van der Waals surface area contributed by atoms with Gasteiger partial charge >= 0.3 is 7.82 Å². The second kappa shape index (κ2) is 11.8.